The predicted octanol–water partition coefficient (Wildman–Crippen LogP) is 7.27. The first-order valence-electron chi connectivity index (χ1n) is 13.9. The Balaban J connectivity index is 1.20. The molecule has 10 aromatic rings. The first-order chi connectivity index (χ1) is 21.3. The molecule has 43 heavy (non-hydrogen) atoms. The lowest BCUT2D eigenvalue weighted by atomic mass is 10.1. The van der Waals surface area contributed by atoms with Crippen LogP contribution in [0.3, 0.4) is 0 Å². The summed E-state index contributed by atoms with van der Waals surface area (Å²) in [5.41, 5.74) is 8.55. The van der Waals surface area contributed by atoms with Crippen molar-refractivity contribution >= 4 is 77.2 Å². The molecule has 0 fully saturated rings. The van der Waals surface area contributed by atoms with Crippen molar-refractivity contribution in [3.05, 3.63) is 110 Å². The highest BCUT2D eigenvalue weighted by Crippen LogP contribution is 2.36. The van der Waals surface area contributed by atoms with Gasteiger partial charge < -0.3 is 4.74 Å². The van der Waals surface area contributed by atoms with Gasteiger partial charge in [-0.1, -0.05) is 24.3 Å². The van der Waals surface area contributed by atoms with Crippen LogP contribution in [0, 0.1) is 0 Å². The van der Waals surface area contributed by atoms with Gasteiger partial charge in [0.05, 0.1) is 22.1 Å². The van der Waals surface area contributed by atoms with E-state index in [2.05, 4.69) is 30.9 Å². The van der Waals surface area contributed by atoms with Crippen LogP contribution in [0.4, 0.5) is 0 Å². The minimum atomic E-state index is 0.689. The molecule has 6 heterocycles. The average Bonchev–Trinajstić information content (AvgIpc) is 3.65. The quantitative estimate of drug-likeness (QED) is 0.207. The monoisotopic (exact) mass is 554 g/mol. The highest BCUT2D eigenvalue weighted by molar-refractivity contribution is 6.13. The molecule has 0 spiro atoms. The maximum atomic E-state index is 6.52. The number of nitrogens with zero attached hydrogens (tertiary/aromatic N) is 8. The van der Waals surface area contributed by atoms with Crippen molar-refractivity contribution in [2.45, 2.75) is 0 Å². The lowest BCUT2D eigenvalue weighted by Gasteiger charge is -2.12. The minimum Gasteiger partial charge on any atom is -0.457 e. The zero-order valence-electron chi connectivity index (χ0n) is 22.4. The number of para-hydroxylation sites is 4. The SMILES string of the molecule is c1ccc2c(c1)nc1c3cc(Oc4ccc5c(c4)c4nc6ccccc6n4c4nccnc54)ccc3c3nccnc3n21. The number of aromatic nitrogens is 8. The van der Waals surface area contributed by atoms with Crippen LogP contribution in [-0.2, 0) is 0 Å². The number of rotatable bonds is 2. The van der Waals surface area contributed by atoms with Crippen LogP contribution < -0.4 is 4.74 Å². The van der Waals surface area contributed by atoms with Gasteiger partial charge in [0.25, 0.3) is 0 Å². The van der Waals surface area contributed by atoms with Crippen molar-refractivity contribution in [2.75, 3.05) is 0 Å². The van der Waals surface area contributed by atoms with E-state index in [9.17, 15) is 0 Å². The molecule has 200 valence electrons. The summed E-state index contributed by atoms with van der Waals surface area (Å²) in [6.45, 7) is 0. The van der Waals surface area contributed by atoms with Crippen molar-refractivity contribution < 1.29 is 4.74 Å². The predicted molar refractivity (Wildman–Crippen MR) is 167 cm³/mol. The molecule has 4 aromatic carbocycles. The fourth-order valence-corrected chi connectivity index (χ4v) is 6.30. The molecule has 6 aromatic heterocycles. The van der Waals surface area contributed by atoms with Crippen LogP contribution >= 0.6 is 0 Å². The zero-order valence-corrected chi connectivity index (χ0v) is 22.4. The van der Waals surface area contributed by atoms with E-state index in [4.69, 9.17) is 24.7 Å². The molecule has 10 rings (SSSR count). The van der Waals surface area contributed by atoms with E-state index in [0.29, 0.717) is 11.5 Å². The molecule has 0 bridgehead atoms. The second kappa shape index (κ2) is 8.17. The van der Waals surface area contributed by atoms with Gasteiger partial charge in [-0.2, -0.15) is 0 Å². The third-order valence-corrected chi connectivity index (χ3v) is 8.11. The summed E-state index contributed by atoms with van der Waals surface area (Å²) >= 11 is 0. The Hall–Kier alpha value is -6.22. The Morgan fingerprint density at radius 3 is 1.42 bits per heavy atom. The Kier molecular flexibility index (Phi) is 4.27. The van der Waals surface area contributed by atoms with Crippen LogP contribution in [0.2, 0.25) is 0 Å². The molecule has 0 amide bonds. The van der Waals surface area contributed by atoms with E-state index < -0.39 is 0 Å². The van der Waals surface area contributed by atoms with E-state index >= 15 is 0 Å². The number of pyridine rings is 2. The molecule has 0 unspecified atom stereocenters. The molecule has 0 saturated heterocycles. The average molecular weight is 555 g/mol. The largest absolute Gasteiger partial charge is 0.457 e. The summed E-state index contributed by atoms with van der Waals surface area (Å²) in [5, 5.41) is 3.80. The Morgan fingerprint density at radius 1 is 0.442 bits per heavy atom. The van der Waals surface area contributed by atoms with E-state index in [0.717, 1.165) is 77.2 Å². The third-order valence-electron chi connectivity index (χ3n) is 8.11. The van der Waals surface area contributed by atoms with E-state index in [-0.39, 0.29) is 0 Å². The second-order valence-corrected chi connectivity index (χ2v) is 10.5. The minimum absolute atomic E-state index is 0.689. The third kappa shape index (κ3) is 3.05. The standard InChI is InChI=1S/C34H18N8O/c1-3-7-27-25(5-1)39-31-23-17-19(9-11-21(23)29-33(41(27)31)37-15-13-35-29)43-20-10-12-22-24(18-20)32-40-26-6-2-4-8-28(26)42(32)34-30(22)36-14-16-38-34/h1-18H. The number of hydrogen-bond acceptors (Lipinski definition) is 7. The topological polar surface area (TPSA) is 95.4 Å². The summed E-state index contributed by atoms with van der Waals surface area (Å²) in [5.74, 6) is 1.38. The summed E-state index contributed by atoms with van der Waals surface area (Å²) in [6.07, 6.45) is 6.88. The molecular formula is C34H18N8O. The van der Waals surface area contributed by atoms with Gasteiger partial charge in [0, 0.05) is 46.3 Å². The van der Waals surface area contributed by atoms with Gasteiger partial charge >= 0.3 is 0 Å². The number of imidazole rings is 2. The van der Waals surface area contributed by atoms with E-state index in [1.165, 1.54) is 0 Å². The van der Waals surface area contributed by atoms with Gasteiger partial charge in [0.1, 0.15) is 33.8 Å². The van der Waals surface area contributed by atoms with Crippen LogP contribution in [0.5, 0.6) is 11.5 Å². The Morgan fingerprint density at radius 2 is 0.907 bits per heavy atom. The van der Waals surface area contributed by atoms with E-state index in [1.54, 1.807) is 24.8 Å². The van der Waals surface area contributed by atoms with Crippen LogP contribution in [0.1, 0.15) is 0 Å². The van der Waals surface area contributed by atoms with E-state index in [1.807, 2.05) is 72.8 Å². The van der Waals surface area contributed by atoms with Crippen molar-refractivity contribution in [2.24, 2.45) is 0 Å². The fraction of sp³-hybridized carbons (Fsp3) is 0. The van der Waals surface area contributed by atoms with Crippen molar-refractivity contribution in [3.63, 3.8) is 0 Å². The van der Waals surface area contributed by atoms with Crippen LogP contribution in [0.25, 0.3) is 77.2 Å². The zero-order chi connectivity index (χ0) is 28.1. The lowest BCUT2D eigenvalue weighted by Crippen LogP contribution is -1.97. The highest BCUT2D eigenvalue weighted by atomic mass is 16.5. The first-order valence-corrected chi connectivity index (χ1v) is 13.9. The highest BCUT2D eigenvalue weighted by Gasteiger charge is 2.18. The normalized spacial score (nSPS) is 12.2. The maximum Gasteiger partial charge on any atom is 0.165 e. The maximum absolute atomic E-state index is 6.52. The number of hydrogen-bond donors (Lipinski definition) is 0. The fourth-order valence-electron chi connectivity index (χ4n) is 6.30. The van der Waals surface area contributed by atoms with Crippen LogP contribution in [-0.4, -0.2) is 38.7 Å². The summed E-state index contributed by atoms with van der Waals surface area (Å²) in [4.78, 5) is 28.7. The van der Waals surface area contributed by atoms with Gasteiger partial charge in [-0.3, -0.25) is 18.8 Å². The Labute approximate surface area is 241 Å². The van der Waals surface area contributed by atoms with Crippen molar-refractivity contribution in [1.29, 1.82) is 0 Å². The Bertz CT molecular complexity index is 2590. The lowest BCUT2D eigenvalue weighted by molar-refractivity contribution is 0.484. The molecule has 0 aliphatic rings. The number of fused-ring (bicyclic) bond motifs is 16. The molecule has 9 heteroatoms. The van der Waals surface area contributed by atoms with Crippen LogP contribution in [0.15, 0.2) is 110 Å². The van der Waals surface area contributed by atoms with Crippen molar-refractivity contribution in [3.8, 4) is 11.5 Å². The first kappa shape index (κ1) is 22.5. The van der Waals surface area contributed by atoms with Gasteiger partial charge in [0.2, 0.25) is 0 Å². The van der Waals surface area contributed by atoms with Gasteiger partial charge in [-0.05, 0) is 60.7 Å². The summed E-state index contributed by atoms with van der Waals surface area (Å²) < 4.78 is 10.7. The summed E-state index contributed by atoms with van der Waals surface area (Å²) in [6, 6.07) is 28.2. The molecule has 0 aliphatic carbocycles. The smallest absolute Gasteiger partial charge is 0.165 e. The molecular weight excluding hydrogens is 536 g/mol. The molecule has 0 atom stereocenters. The second-order valence-electron chi connectivity index (χ2n) is 10.5. The molecule has 9 nitrogen and oxygen atoms in total. The molecule has 0 N–H and O–H groups in total. The van der Waals surface area contributed by atoms with Gasteiger partial charge in [-0.15, -0.1) is 0 Å². The molecule has 0 saturated carbocycles. The number of benzene rings is 4. The molecule has 0 aliphatic heterocycles. The van der Waals surface area contributed by atoms with Gasteiger partial charge in [-0.25, -0.2) is 19.9 Å². The van der Waals surface area contributed by atoms with Crippen molar-refractivity contribution in [1.82, 2.24) is 38.7 Å². The number of ether oxygens (including phenoxy) is 1. The summed E-state index contributed by atoms with van der Waals surface area (Å²) in [7, 11) is 0. The van der Waals surface area contributed by atoms with Gasteiger partial charge in [0.15, 0.2) is 11.3 Å². The molecule has 0 radical (unpaired) electrons.